The third kappa shape index (κ3) is 9.50. The summed E-state index contributed by atoms with van der Waals surface area (Å²) in [6.45, 7) is 6.04. The van der Waals surface area contributed by atoms with Gasteiger partial charge in [-0.25, -0.2) is 4.79 Å². The van der Waals surface area contributed by atoms with Gasteiger partial charge in [0.05, 0.1) is 22.4 Å². The molecule has 0 saturated heterocycles. The molecule has 0 aliphatic heterocycles. The molecule has 0 radical (unpaired) electrons. The van der Waals surface area contributed by atoms with Gasteiger partial charge in [-0.2, -0.15) is 26.3 Å². The van der Waals surface area contributed by atoms with Gasteiger partial charge in [0, 0.05) is 12.0 Å². The number of hydrogen-bond acceptors (Lipinski definition) is 3. The number of rotatable bonds is 9. The molecule has 53 heavy (non-hydrogen) atoms. The first-order valence-electron chi connectivity index (χ1n) is 16.3. The number of carbonyl (C=O) groups excluding carboxylic acids is 2. The summed E-state index contributed by atoms with van der Waals surface area (Å²) in [6.07, 6.45) is -9.39. The Bertz CT molecular complexity index is 2130. The number of amides is 2. The van der Waals surface area contributed by atoms with Gasteiger partial charge in [0.15, 0.2) is 0 Å². The molecular weight excluding hydrogens is 698 g/mol. The van der Waals surface area contributed by atoms with Gasteiger partial charge in [-0.3, -0.25) is 9.59 Å². The summed E-state index contributed by atoms with van der Waals surface area (Å²) in [5.74, 6) is -2.91. The van der Waals surface area contributed by atoms with Crippen molar-refractivity contribution >= 4 is 23.5 Å². The second-order valence-electron chi connectivity index (χ2n) is 13.5. The number of halogens is 6. The average molecular weight is 733 g/mol. The quantitative estimate of drug-likeness (QED) is 0.132. The van der Waals surface area contributed by atoms with Crippen LogP contribution in [0.15, 0.2) is 115 Å². The number of carboxylic acids is 1. The first-order chi connectivity index (χ1) is 24.8. The van der Waals surface area contributed by atoms with Gasteiger partial charge in [-0.05, 0) is 87.3 Å². The lowest BCUT2D eigenvalue weighted by atomic mass is 9.86. The molecule has 5 aromatic rings. The second-order valence-corrected chi connectivity index (χ2v) is 13.5. The number of benzene rings is 5. The van der Waals surface area contributed by atoms with Crippen LogP contribution in [0.1, 0.15) is 63.7 Å². The van der Waals surface area contributed by atoms with E-state index in [9.17, 15) is 45.8 Å². The summed E-state index contributed by atoms with van der Waals surface area (Å²) in [5, 5.41) is 15.2. The van der Waals surface area contributed by atoms with E-state index in [2.05, 4.69) is 10.6 Å². The fourth-order valence-electron chi connectivity index (χ4n) is 5.59. The maximum Gasteiger partial charge on any atom is 0.416 e. The zero-order valence-electron chi connectivity index (χ0n) is 28.7. The van der Waals surface area contributed by atoms with E-state index in [1.807, 2.05) is 20.8 Å². The number of anilines is 1. The van der Waals surface area contributed by atoms with E-state index in [1.54, 1.807) is 24.3 Å². The highest BCUT2D eigenvalue weighted by Gasteiger charge is 2.32. The Labute approximate surface area is 301 Å². The lowest BCUT2D eigenvalue weighted by Crippen LogP contribution is -2.42. The highest BCUT2D eigenvalue weighted by atomic mass is 19.4. The molecule has 5 aromatic carbocycles. The van der Waals surface area contributed by atoms with E-state index < -0.39 is 47.3 Å². The zero-order chi connectivity index (χ0) is 38.7. The van der Waals surface area contributed by atoms with Crippen LogP contribution in [0.25, 0.3) is 22.3 Å². The van der Waals surface area contributed by atoms with Crippen LogP contribution in [0.2, 0.25) is 0 Å². The van der Waals surface area contributed by atoms with Crippen LogP contribution in [-0.4, -0.2) is 28.9 Å². The largest absolute Gasteiger partial charge is 0.480 e. The summed E-state index contributed by atoms with van der Waals surface area (Å²) >= 11 is 0. The minimum absolute atomic E-state index is 0.0160. The van der Waals surface area contributed by atoms with Gasteiger partial charge >= 0.3 is 18.3 Å². The van der Waals surface area contributed by atoms with Crippen molar-refractivity contribution in [2.24, 2.45) is 0 Å². The molecule has 5 rings (SSSR count). The Hall–Kier alpha value is -5.91. The van der Waals surface area contributed by atoms with Crippen molar-refractivity contribution in [3.63, 3.8) is 0 Å². The van der Waals surface area contributed by atoms with E-state index in [0.29, 0.717) is 16.7 Å². The van der Waals surface area contributed by atoms with Crippen LogP contribution >= 0.6 is 0 Å². The fourth-order valence-corrected chi connectivity index (χ4v) is 5.59. The average Bonchev–Trinajstić information content (AvgIpc) is 3.10. The van der Waals surface area contributed by atoms with Gasteiger partial charge in [0.2, 0.25) is 0 Å². The molecular formula is C41H34F6N2O4. The van der Waals surface area contributed by atoms with Crippen LogP contribution in [0.4, 0.5) is 32.0 Å². The Balaban J connectivity index is 1.43. The standard InChI is InChI=1S/C41H34F6N2O4/c1-39(2,3)30-17-14-26(15-18-30)36(50)48-34-19-16-29(28-7-5-9-32(22-28)41(45,46)47)23-33(34)37(51)49-35(38(52)53)20-24-10-12-25(13-11-24)27-6-4-8-31(21-27)40(42,43)44/h4-19,21-23,35H,20H2,1-3H3,(H,48,50)(H,49,51)(H,52,53)/t35-/m0/s1. The van der Waals surface area contributed by atoms with Crippen molar-refractivity contribution in [2.75, 3.05) is 5.32 Å². The third-order valence-electron chi connectivity index (χ3n) is 8.57. The first kappa shape index (κ1) is 38.3. The molecule has 0 aliphatic rings. The summed E-state index contributed by atoms with van der Waals surface area (Å²) in [4.78, 5) is 39.5. The third-order valence-corrected chi connectivity index (χ3v) is 8.57. The maximum absolute atomic E-state index is 13.8. The van der Waals surface area contributed by atoms with Crippen LogP contribution in [0.5, 0.6) is 0 Å². The van der Waals surface area contributed by atoms with Crippen molar-refractivity contribution in [3.8, 4) is 22.3 Å². The Morgan fingerprint density at radius 2 is 1.11 bits per heavy atom. The molecule has 1 atom stereocenters. The molecule has 2 amide bonds. The molecule has 0 heterocycles. The summed E-state index contributed by atoms with van der Waals surface area (Å²) in [6, 6.07) is 24.7. The molecule has 0 bridgehead atoms. The predicted octanol–water partition coefficient (Wildman–Crippen LogP) is 10.0. The molecule has 3 N–H and O–H groups in total. The number of nitrogens with one attached hydrogen (secondary N) is 2. The highest BCUT2D eigenvalue weighted by Crippen LogP contribution is 2.34. The molecule has 0 fully saturated rings. The number of aliphatic carboxylic acids is 1. The SMILES string of the molecule is CC(C)(C)c1ccc(C(=O)Nc2ccc(-c3cccc(C(F)(F)F)c3)cc2C(=O)N[C@@H](Cc2ccc(-c3cccc(C(F)(F)F)c3)cc2)C(=O)O)cc1. The summed E-state index contributed by atoms with van der Waals surface area (Å²) < 4.78 is 80.2. The monoisotopic (exact) mass is 732 g/mol. The van der Waals surface area contributed by atoms with Crippen LogP contribution in [0.3, 0.4) is 0 Å². The van der Waals surface area contributed by atoms with E-state index in [1.165, 1.54) is 66.7 Å². The van der Waals surface area contributed by atoms with Crippen molar-refractivity contribution in [2.45, 2.75) is 51.0 Å². The van der Waals surface area contributed by atoms with E-state index in [4.69, 9.17) is 0 Å². The van der Waals surface area contributed by atoms with Crippen LogP contribution in [-0.2, 0) is 29.0 Å². The number of hydrogen-bond donors (Lipinski definition) is 3. The maximum atomic E-state index is 13.8. The van der Waals surface area contributed by atoms with Crippen LogP contribution < -0.4 is 10.6 Å². The van der Waals surface area contributed by atoms with Crippen molar-refractivity contribution < 1.29 is 45.8 Å². The molecule has 0 spiro atoms. The Kier molecular flexibility index (Phi) is 10.8. The molecule has 0 unspecified atom stereocenters. The molecule has 6 nitrogen and oxygen atoms in total. The summed E-state index contributed by atoms with van der Waals surface area (Å²) in [7, 11) is 0. The Morgan fingerprint density at radius 3 is 1.62 bits per heavy atom. The van der Waals surface area contributed by atoms with Crippen molar-refractivity contribution in [3.05, 3.63) is 149 Å². The molecule has 12 heteroatoms. The molecule has 0 aliphatic carbocycles. The van der Waals surface area contributed by atoms with Gasteiger partial charge in [0.1, 0.15) is 6.04 Å². The lowest BCUT2D eigenvalue weighted by molar-refractivity contribution is -0.139. The molecule has 274 valence electrons. The lowest BCUT2D eigenvalue weighted by Gasteiger charge is -2.19. The van der Waals surface area contributed by atoms with Crippen LogP contribution in [0, 0.1) is 0 Å². The fraction of sp³-hybridized carbons (Fsp3) is 0.195. The topological polar surface area (TPSA) is 95.5 Å². The van der Waals surface area contributed by atoms with Gasteiger partial charge in [-0.15, -0.1) is 0 Å². The normalized spacial score (nSPS) is 12.5. The van der Waals surface area contributed by atoms with Crippen molar-refractivity contribution in [1.29, 1.82) is 0 Å². The number of alkyl halides is 6. The zero-order valence-corrected chi connectivity index (χ0v) is 28.7. The van der Waals surface area contributed by atoms with Crippen molar-refractivity contribution in [1.82, 2.24) is 5.32 Å². The number of carbonyl (C=O) groups is 3. The van der Waals surface area contributed by atoms with E-state index >= 15 is 0 Å². The van der Waals surface area contributed by atoms with E-state index in [0.717, 1.165) is 29.8 Å². The summed E-state index contributed by atoms with van der Waals surface area (Å²) in [5.41, 5.74) is 0.636. The smallest absolute Gasteiger partial charge is 0.416 e. The van der Waals surface area contributed by atoms with Gasteiger partial charge < -0.3 is 15.7 Å². The molecule has 0 aromatic heterocycles. The molecule has 0 saturated carbocycles. The second kappa shape index (κ2) is 15.0. The Morgan fingerprint density at radius 1 is 0.604 bits per heavy atom. The number of carboxylic acid groups (broad SMARTS) is 1. The minimum atomic E-state index is -4.63. The predicted molar refractivity (Wildman–Crippen MR) is 189 cm³/mol. The first-order valence-corrected chi connectivity index (χ1v) is 16.3. The van der Waals surface area contributed by atoms with Gasteiger partial charge in [-0.1, -0.05) is 87.5 Å². The highest BCUT2D eigenvalue weighted by molar-refractivity contribution is 6.10. The van der Waals surface area contributed by atoms with E-state index in [-0.39, 0.29) is 39.8 Å². The van der Waals surface area contributed by atoms with Gasteiger partial charge in [0.25, 0.3) is 11.8 Å². The minimum Gasteiger partial charge on any atom is -0.480 e.